The largest absolute Gasteiger partial charge is 0.392 e. The molecule has 0 aromatic heterocycles. The number of hydrogen-bond donors (Lipinski definition) is 2. The van der Waals surface area contributed by atoms with Gasteiger partial charge in [-0.3, -0.25) is 0 Å². The van der Waals surface area contributed by atoms with Crippen molar-refractivity contribution in [2.45, 2.75) is 51.4 Å². The second-order valence-corrected chi connectivity index (χ2v) is 3.78. The third-order valence-electron chi connectivity index (χ3n) is 2.60. The summed E-state index contributed by atoms with van der Waals surface area (Å²) in [4.78, 5) is 0. The molecule has 0 heterocycles. The Balaban J connectivity index is 2.10. The fraction of sp³-hybridized carbons (Fsp3) is 1.00. The fourth-order valence-electron chi connectivity index (χ4n) is 1.84. The number of hydrogen-bond acceptors (Lipinski definition) is 3. The van der Waals surface area contributed by atoms with E-state index in [-0.39, 0.29) is 12.2 Å². The predicted molar refractivity (Wildman–Crippen MR) is 52.7 cm³/mol. The number of aliphatic hydroxyl groups is 1. The van der Waals surface area contributed by atoms with E-state index in [0.29, 0.717) is 6.04 Å². The molecule has 13 heavy (non-hydrogen) atoms. The smallest absolute Gasteiger partial charge is 0.0693 e. The van der Waals surface area contributed by atoms with Crippen molar-refractivity contribution in [3.05, 3.63) is 0 Å². The zero-order valence-electron chi connectivity index (χ0n) is 8.62. The predicted octanol–water partition coefficient (Wildman–Crippen LogP) is 0.914. The molecule has 0 saturated heterocycles. The Hall–Kier alpha value is -0.120. The number of aliphatic hydroxyl groups excluding tert-OH is 1. The Labute approximate surface area is 80.5 Å². The van der Waals surface area contributed by atoms with Crippen molar-refractivity contribution < 1.29 is 9.84 Å². The normalized spacial score (nSPS) is 30.7. The van der Waals surface area contributed by atoms with Crippen LogP contribution in [0.1, 0.15) is 33.1 Å². The van der Waals surface area contributed by atoms with Crippen LogP contribution in [0.4, 0.5) is 0 Å². The monoisotopic (exact) mass is 187 g/mol. The van der Waals surface area contributed by atoms with Crippen LogP contribution in [0.25, 0.3) is 0 Å². The maximum absolute atomic E-state index is 9.53. The first-order valence-corrected chi connectivity index (χ1v) is 5.27. The topological polar surface area (TPSA) is 41.5 Å². The Morgan fingerprint density at radius 1 is 1.54 bits per heavy atom. The summed E-state index contributed by atoms with van der Waals surface area (Å²) < 4.78 is 5.39. The van der Waals surface area contributed by atoms with Crippen LogP contribution in [0.5, 0.6) is 0 Å². The molecule has 0 aliphatic heterocycles. The van der Waals surface area contributed by atoms with Gasteiger partial charge in [0.25, 0.3) is 0 Å². The van der Waals surface area contributed by atoms with E-state index in [2.05, 4.69) is 12.2 Å². The van der Waals surface area contributed by atoms with Gasteiger partial charge in [-0.15, -0.1) is 0 Å². The lowest BCUT2D eigenvalue weighted by Crippen LogP contribution is -2.40. The van der Waals surface area contributed by atoms with Gasteiger partial charge in [0.1, 0.15) is 0 Å². The van der Waals surface area contributed by atoms with Crippen molar-refractivity contribution in [1.29, 1.82) is 0 Å². The van der Waals surface area contributed by atoms with Crippen molar-refractivity contribution in [3.8, 4) is 0 Å². The van der Waals surface area contributed by atoms with Gasteiger partial charge in [-0.2, -0.15) is 0 Å². The van der Waals surface area contributed by atoms with Crippen molar-refractivity contribution in [2.24, 2.45) is 0 Å². The lowest BCUT2D eigenvalue weighted by atomic mass is 10.2. The van der Waals surface area contributed by atoms with Gasteiger partial charge in [-0.1, -0.05) is 0 Å². The summed E-state index contributed by atoms with van der Waals surface area (Å²) in [6, 6.07) is 0.294. The van der Waals surface area contributed by atoms with Gasteiger partial charge in [0.2, 0.25) is 0 Å². The minimum Gasteiger partial charge on any atom is -0.392 e. The summed E-state index contributed by atoms with van der Waals surface area (Å²) in [6.07, 6.45) is 3.29. The summed E-state index contributed by atoms with van der Waals surface area (Å²) in [5.74, 6) is 0. The minimum absolute atomic E-state index is 0.145. The van der Waals surface area contributed by atoms with Crippen molar-refractivity contribution in [1.82, 2.24) is 5.32 Å². The van der Waals surface area contributed by atoms with Crippen molar-refractivity contribution in [3.63, 3.8) is 0 Å². The maximum Gasteiger partial charge on any atom is 0.0693 e. The molecule has 1 fully saturated rings. The van der Waals surface area contributed by atoms with Gasteiger partial charge in [-0.05, 0) is 33.1 Å². The molecule has 0 aromatic rings. The van der Waals surface area contributed by atoms with Gasteiger partial charge in [0.15, 0.2) is 0 Å². The van der Waals surface area contributed by atoms with E-state index in [9.17, 15) is 5.11 Å². The highest BCUT2D eigenvalue weighted by molar-refractivity contribution is 4.82. The Bertz CT molecular complexity index is 141. The standard InChI is InChI=1S/C10H21NO2/c1-3-13-8(2)7-11-9-5-4-6-10(9)12/h8-12H,3-7H2,1-2H3/t8?,9-,10-/m1/s1. The van der Waals surface area contributed by atoms with Crippen LogP contribution < -0.4 is 5.32 Å². The number of rotatable bonds is 5. The van der Waals surface area contributed by atoms with E-state index in [0.717, 1.165) is 32.4 Å². The van der Waals surface area contributed by atoms with Crippen molar-refractivity contribution in [2.75, 3.05) is 13.2 Å². The molecule has 0 amide bonds. The Kier molecular flexibility index (Phi) is 4.70. The Morgan fingerprint density at radius 2 is 2.31 bits per heavy atom. The number of ether oxygens (including phenoxy) is 1. The van der Waals surface area contributed by atoms with Gasteiger partial charge in [0, 0.05) is 19.2 Å². The molecule has 1 aliphatic rings. The lowest BCUT2D eigenvalue weighted by Gasteiger charge is -2.19. The first-order valence-electron chi connectivity index (χ1n) is 5.27. The summed E-state index contributed by atoms with van der Waals surface area (Å²) in [7, 11) is 0. The molecule has 1 saturated carbocycles. The highest BCUT2D eigenvalue weighted by Crippen LogP contribution is 2.18. The molecule has 3 atom stereocenters. The van der Waals surface area contributed by atoms with Crippen LogP contribution in [0, 0.1) is 0 Å². The maximum atomic E-state index is 9.53. The second kappa shape index (κ2) is 5.58. The van der Waals surface area contributed by atoms with Crippen molar-refractivity contribution >= 4 is 0 Å². The van der Waals surface area contributed by atoms with Gasteiger partial charge in [-0.25, -0.2) is 0 Å². The van der Waals surface area contributed by atoms with Crippen LogP contribution in [0.15, 0.2) is 0 Å². The fourth-order valence-corrected chi connectivity index (χ4v) is 1.84. The summed E-state index contributed by atoms with van der Waals surface area (Å²) in [6.45, 7) is 5.66. The van der Waals surface area contributed by atoms with Crippen LogP contribution in [-0.2, 0) is 4.74 Å². The zero-order chi connectivity index (χ0) is 9.68. The SMILES string of the molecule is CCOC(C)CN[C@@H]1CCC[C@H]1O. The minimum atomic E-state index is -0.145. The molecular formula is C10H21NO2. The summed E-state index contributed by atoms with van der Waals surface area (Å²) in [5, 5.41) is 12.9. The highest BCUT2D eigenvalue weighted by atomic mass is 16.5. The van der Waals surface area contributed by atoms with Gasteiger partial charge < -0.3 is 15.2 Å². The van der Waals surface area contributed by atoms with E-state index in [4.69, 9.17) is 4.74 Å². The van der Waals surface area contributed by atoms with Gasteiger partial charge in [0.05, 0.1) is 12.2 Å². The zero-order valence-corrected chi connectivity index (χ0v) is 8.62. The molecule has 3 nitrogen and oxygen atoms in total. The van der Waals surface area contributed by atoms with Crippen LogP contribution in [-0.4, -0.2) is 36.5 Å². The molecule has 1 aliphatic carbocycles. The van der Waals surface area contributed by atoms with E-state index in [1.54, 1.807) is 0 Å². The van der Waals surface area contributed by atoms with Crippen LogP contribution in [0.3, 0.4) is 0 Å². The molecule has 0 spiro atoms. The summed E-state index contributed by atoms with van der Waals surface area (Å²) in [5.41, 5.74) is 0. The molecule has 78 valence electrons. The molecule has 2 N–H and O–H groups in total. The molecule has 0 radical (unpaired) electrons. The molecule has 3 heteroatoms. The third kappa shape index (κ3) is 3.63. The molecular weight excluding hydrogens is 166 g/mol. The van der Waals surface area contributed by atoms with Gasteiger partial charge >= 0.3 is 0 Å². The molecule has 1 rings (SSSR count). The summed E-state index contributed by atoms with van der Waals surface area (Å²) >= 11 is 0. The van der Waals surface area contributed by atoms with E-state index < -0.39 is 0 Å². The van der Waals surface area contributed by atoms with Crippen LogP contribution >= 0.6 is 0 Å². The lowest BCUT2D eigenvalue weighted by molar-refractivity contribution is 0.0674. The van der Waals surface area contributed by atoms with E-state index in [1.165, 1.54) is 0 Å². The van der Waals surface area contributed by atoms with Crippen LogP contribution in [0.2, 0.25) is 0 Å². The second-order valence-electron chi connectivity index (χ2n) is 3.78. The average molecular weight is 187 g/mol. The Morgan fingerprint density at radius 3 is 2.85 bits per heavy atom. The first kappa shape index (κ1) is 11.0. The van der Waals surface area contributed by atoms with E-state index in [1.807, 2.05) is 6.92 Å². The first-order chi connectivity index (χ1) is 6.24. The third-order valence-corrected chi connectivity index (χ3v) is 2.60. The quantitative estimate of drug-likeness (QED) is 0.672. The number of nitrogens with one attached hydrogen (secondary N) is 1. The molecule has 0 bridgehead atoms. The highest BCUT2D eigenvalue weighted by Gasteiger charge is 2.24. The van der Waals surface area contributed by atoms with E-state index >= 15 is 0 Å². The average Bonchev–Trinajstić information content (AvgIpc) is 2.48. The molecule has 1 unspecified atom stereocenters. The molecule has 0 aromatic carbocycles.